The zero-order valence-corrected chi connectivity index (χ0v) is 11.7. The minimum atomic E-state index is 0.928. The normalized spacial score (nSPS) is 18.2. The highest BCUT2D eigenvalue weighted by atomic mass is 16.5. The van der Waals surface area contributed by atoms with Crippen LogP contribution in [0.25, 0.3) is 0 Å². The first-order valence-electron chi connectivity index (χ1n) is 7.72. The van der Waals surface area contributed by atoms with Crippen LogP contribution in [0, 0.1) is 5.92 Å². The number of ether oxygens (including phenoxy) is 1. The standard InChI is InChI=1S/C15H31NO/c1-2-3-12-17-13-8-11-16-14-15-9-6-4-5-7-10-15/h15-16H,2-14H2,1H3. The van der Waals surface area contributed by atoms with Gasteiger partial charge in [0.1, 0.15) is 0 Å². The summed E-state index contributed by atoms with van der Waals surface area (Å²) < 4.78 is 5.55. The van der Waals surface area contributed by atoms with Crippen LogP contribution in [0.3, 0.4) is 0 Å². The van der Waals surface area contributed by atoms with Gasteiger partial charge in [-0.1, -0.05) is 39.0 Å². The van der Waals surface area contributed by atoms with Gasteiger partial charge in [0.25, 0.3) is 0 Å². The second kappa shape index (κ2) is 11.0. The van der Waals surface area contributed by atoms with Gasteiger partial charge < -0.3 is 10.1 Å². The lowest BCUT2D eigenvalue weighted by Crippen LogP contribution is -2.24. The van der Waals surface area contributed by atoms with Crippen LogP contribution >= 0.6 is 0 Å². The largest absolute Gasteiger partial charge is 0.381 e. The Labute approximate surface area is 108 Å². The van der Waals surface area contributed by atoms with E-state index < -0.39 is 0 Å². The third-order valence-electron chi connectivity index (χ3n) is 3.69. The van der Waals surface area contributed by atoms with E-state index in [-0.39, 0.29) is 0 Å². The van der Waals surface area contributed by atoms with E-state index in [2.05, 4.69) is 12.2 Å². The van der Waals surface area contributed by atoms with E-state index in [0.717, 1.165) is 32.1 Å². The van der Waals surface area contributed by atoms with E-state index in [1.807, 2.05) is 0 Å². The average molecular weight is 241 g/mol. The summed E-state index contributed by atoms with van der Waals surface area (Å²) >= 11 is 0. The van der Waals surface area contributed by atoms with Gasteiger partial charge in [0.2, 0.25) is 0 Å². The molecule has 1 N–H and O–H groups in total. The Morgan fingerprint density at radius 1 is 1.00 bits per heavy atom. The molecule has 1 rings (SSSR count). The van der Waals surface area contributed by atoms with Crippen molar-refractivity contribution in [2.75, 3.05) is 26.3 Å². The second-order valence-electron chi connectivity index (χ2n) is 5.38. The number of unbranched alkanes of at least 4 members (excludes halogenated alkanes) is 1. The summed E-state index contributed by atoms with van der Waals surface area (Å²) in [7, 11) is 0. The Bertz CT molecular complexity index is 153. The van der Waals surface area contributed by atoms with E-state index in [1.165, 1.54) is 57.9 Å². The predicted octanol–water partition coefficient (Wildman–Crippen LogP) is 3.75. The van der Waals surface area contributed by atoms with Crippen LogP contribution in [0.4, 0.5) is 0 Å². The molecule has 0 aliphatic heterocycles. The van der Waals surface area contributed by atoms with Crippen LogP contribution in [-0.2, 0) is 4.74 Å². The Kier molecular flexibility index (Phi) is 9.72. The van der Waals surface area contributed by atoms with Gasteiger partial charge in [0.15, 0.2) is 0 Å². The van der Waals surface area contributed by atoms with Crippen LogP contribution in [0.5, 0.6) is 0 Å². The smallest absolute Gasteiger partial charge is 0.0478 e. The summed E-state index contributed by atoms with van der Waals surface area (Å²) in [6.07, 6.45) is 12.3. The van der Waals surface area contributed by atoms with Gasteiger partial charge in [-0.2, -0.15) is 0 Å². The molecular formula is C15H31NO. The number of hydrogen-bond donors (Lipinski definition) is 1. The maximum Gasteiger partial charge on any atom is 0.0478 e. The number of hydrogen-bond acceptors (Lipinski definition) is 2. The molecule has 0 radical (unpaired) electrons. The summed E-state index contributed by atoms with van der Waals surface area (Å²) in [6.45, 7) is 6.44. The summed E-state index contributed by atoms with van der Waals surface area (Å²) in [4.78, 5) is 0. The Morgan fingerprint density at radius 3 is 2.41 bits per heavy atom. The lowest BCUT2D eigenvalue weighted by atomic mass is 10.0. The molecule has 0 spiro atoms. The maximum absolute atomic E-state index is 5.55. The summed E-state index contributed by atoms with van der Waals surface area (Å²) in [5.41, 5.74) is 0. The third kappa shape index (κ3) is 8.62. The van der Waals surface area contributed by atoms with E-state index >= 15 is 0 Å². The monoisotopic (exact) mass is 241 g/mol. The minimum Gasteiger partial charge on any atom is -0.381 e. The van der Waals surface area contributed by atoms with Gasteiger partial charge >= 0.3 is 0 Å². The van der Waals surface area contributed by atoms with Gasteiger partial charge in [0.05, 0.1) is 0 Å². The molecule has 0 saturated heterocycles. The highest BCUT2D eigenvalue weighted by molar-refractivity contribution is 4.66. The molecule has 0 atom stereocenters. The van der Waals surface area contributed by atoms with Gasteiger partial charge in [-0.25, -0.2) is 0 Å². The lowest BCUT2D eigenvalue weighted by molar-refractivity contribution is 0.128. The van der Waals surface area contributed by atoms with Crippen molar-refractivity contribution >= 4 is 0 Å². The first-order chi connectivity index (χ1) is 8.43. The summed E-state index contributed by atoms with van der Waals surface area (Å²) in [5.74, 6) is 0.943. The van der Waals surface area contributed by atoms with Gasteiger partial charge in [-0.3, -0.25) is 0 Å². The van der Waals surface area contributed by atoms with Crippen LogP contribution in [0.1, 0.15) is 64.7 Å². The number of rotatable bonds is 9. The molecule has 1 aliphatic carbocycles. The van der Waals surface area contributed by atoms with Gasteiger partial charge in [0, 0.05) is 13.2 Å². The molecule has 0 aromatic carbocycles. The molecule has 0 aromatic heterocycles. The van der Waals surface area contributed by atoms with E-state index in [1.54, 1.807) is 0 Å². The fourth-order valence-corrected chi connectivity index (χ4v) is 2.52. The van der Waals surface area contributed by atoms with E-state index in [4.69, 9.17) is 4.74 Å². The van der Waals surface area contributed by atoms with E-state index in [9.17, 15) is 0 Å². The van der Waals surface area contributed by atoms with Crippen molar-refractivity contribution in [3.63, 3.8) is 0 Å². The van der Waals surface area contributed by atoms with Crippen LogP contribution in [-0.4, -0.2) is 26.3 Å². The highest BCUT2D eigenvalue weighted by Crippen LogP contribution is 2.21. The molecule has 17 heavy (non-hydrogen) atoms. The molecule has 2 nitrogen and oxygen atoms in total. The predicted molar refractivity (Wildman–Crippen MR) is 74.4 cm³/mol. The molecule has 2 heteroatoms. The Hall–Kier alpha value is -0.0800. The Morgan fingerprint density at radius 2 is 1.71 bits per heavy atom. The fraction of sp³-hybridized carbons (Fsp3) is 1.00. The zero-order valence-electron chi connectivity index (χ0n) is 11.7. The third-order valence-corrected chi connectivity index (χ3v) is 3.69. The fourth-order valence-electron chi connectivity index (χ4n) is 2.52. The summed E-state index contributed by atoms with van der Waals surface area (Å²) in [5, 5.41) is 3.59. The average Bonchev–Trinajstić information content (AvgIpc) is 2.61. The zero-order chi connectivity index (χ0) is 12.2. The maximum atomic E-state index is 5.55. The molecular weight excluding hydrogens is 210 g/mol. The first kappa shape index (κ1) is 15.0. The molecule has 0 unspecified atom stereocenters. The molecule has 0 heterocycles. The molecule has 0 bridgehead atoms. The topological polar surface area (TPSA) is 21.3 Å². The molecule has 1 fully saturated rings. The molecule has 1 saturated carbocycles. The molecule has 0 aromatic rings. The van der Waals surface area contributed by atoms with Crippen LogP contribution < -0.4 is 5.32 Å². The quantitative estimate of drug-likeness (QED) is 0.490. The van der Waals surface area contributed by atoms with Gasteiger partial charge in [-0.15, -0.1) is 0 Å². The van der Waals surface area contributed by atoms with E-state index in [0.29, 0.717) is 0 Å². The van der Waals surface area contributed by atoms with Crippen molar-refractivity contribution in [3.05, 3.63) is 0 Å². The first-order valence-corrected chi connectivity index (χ1v) is 7.72. The van der Waals surface area contributed by atoms with Crippen molar-refractivity contribution in [1.82, 2.24) is 5.32 Å². The van der Waals surface area contributed by atoms with Crippen molar-refractivity contribution < 1.29 is 4.74 Å². The second-order valence-corrected chi connectivity index (χ2v) is 5.38. The molecule has 1 aliphatic rings. The highest BCUT2D eigenvalue weighted by Gasteiger charge is 2.10. The van der Waals surface area contributed by atoms with Crippen molar-refractivity contribution in [2.45, 2.75) is 64.7 Å². The van der Waals surface area contributed by atoms with Crippen molar-refractivity contribution in [1.29, 1.82) is 0 Å². The van der Waals surface area contributed by atoms with Crippen LogP contribution in [0.2, 0.25) is 0 Å². The van der Waals surface area contributed by atoms with Gasteiger partial charge in [-0.05, 0) is 44.7 Å². The minimum absolute atomic E-state index is 0.928. The lowest BCUT2D eigenvalue weighted by Gasteiger charge is -2.14. The Balaban J connectivity index is 1.82. The molecule has 102 valence electrons. The van der Waals surface area contributed by atoms with Crippen molar-refractivity contribution in [2.24, 2.45) is 5.92 Å². The molecule has 0 amide bonds. The number of nitrogens with one attached hydrogen (secondary N) is 1. The van der Waals surface area contributed by atoms with Crippen molar-refractivity contribution in [3.8, 4) is 0 Å². The SMILES string of the molecule is CCCCOCCCNCC1CCCCCC1. The van der Waals surface area contributed by atoms with Crippen LogP contribution in [0.15, 0.2) is 0 Å². The summed E-state index contributed by atoms with van der Waals surface area (Å²) in [6, 6.07) is 0.